The molecule has 1 aromatic carbocycles. The average Bonchev–Trinajstić information content (AvgIpc) is 2.17. The summed E-state index contributed by atoms with van der Waals surface area (Å²) in [5.41, 5.74) is 6.29. The monoisotopic (exact) mass is 196 g/mol. The molecule has 5 nitrogen and oxygen atoms in total. The van der Waals surface area contributed by atoms with Crippen LogP contribution >= 0.6 is 0 Å². The van der Waals surface area contributed by atoms with E-state index in [0.29, 0.717) is 13.0 Å². The van der Waals surface area contributed by atoms with Gasteiger partial charge in [0, 0.05) is 6.07 Å². The molecule has 0 fully saturated rings. The third-order valence-corrected chi connectivity index (χ3v) is 1.87. The molecule has 0 spiro atoms. The van der Waals surface area contributed by atoms with Crippen LogP contribution in [-0.2, 0) is 6.42 Å². The molecule has 76 valence electrons. The van der Waals surface area contributed by atoms with Gasteiger partial charge in [-0.05, 0) is 24.6 Å². The first-order chi connectivity index (χ1) is 6.69. The van der Waals surface area contributed by atoms with Gasteiger partial charge in [0.25, 0.3) is 0 Å². The van der Waals surface area contributed by atoms with Crippen LogP contribution < -0.4 is 10.5 Å². The van der Waals surface area contributed by atoms with E-state index in [1.54, 1.807) is 12.1 Å². The van der Waals surface area contributed by atoms with Gasteiger partial charge in [-0.25, -0.2) is 0 Å². The average molecular weight is 196 g/mol. The third-order valence-electron chi connectivity index (χ3n) is 1.87. The van der Waals surface area contributed by atoms with E-state index in [2.05, 4.69) is 0 Å². The highest BCUT2D eigenvalue weighted by molar-refractivity contribution is 5.48. The molecule has 2 N–H and O–H groups in total. The molecule has 14 heavy (non-hydrogen) atoms. The van der Waals surface area contributed by atoms with Crippen molar-refractivity contribution in [2.75, 3.05) is 13.7 Å². The second-order valence-corrected chi connectivity index (χ2v) is 2.80. The molecule has 5 heteroatoms. The van der Waals surface area contributed by atoms with Gasteiger partial charge in [-0.2, -0.15) is 0 Å². The van der Waals surface area contributed by atoms with Gasteiger partial charge in [-0.15, -0.1) is 0 Å². The summed E-state index contributed by atoms with van der Waals surface area (Å²) in [5.74, 6) is 0.279. The molecule has 0 heterocycles. The van der Waals surface area contributed by atoms with E-state index >= 15 is 0 Å². The number of nitrogens with zero attached hydrogens (tertiary/aromatic N) is 1. The van der Waals surface area contributed by atoms with Crippen LogP contribution in [-0.4, -0.2) is 18.6 Å². The second-order valence-electron chi connectivity index (χ2n) is 2.80. The minimum atomic E-state index is -0.467. The summed E-state index contributed by atoms with van der Waals surface area (Å²) < 4.78 is 4.91. The van der Waals surface area contributed by atoms with E-state index in [9.17, 15) is 10.1 Å². The molecule has 0 atom stereocenters. The predicted octanol–water partition coefficient (Wildman–Crippen LogP) is 1.10. The standard InChI is InChI=1S/C9H12N2O3/c1-14-9-6-7(4-5-10)2-3-8(9)11(12)13/h2-3,6H,4-5,10H2,1H3. The van der Waals surface area contributed by atoms with E-state index in [1.807, 2.05) is 0 Å². The van der Waals surface area contributed by atoms with Gasteiger partial charge in [0.1, 0.15) is 0 Å². The highest BCUT2D eigenvalue weighted by atomic mass is 16.6. The lowest BCUT2D eigenvalue weighted by Gasteiger charge is -2.03. The quantitative estimate of drug-likeness (QED) is 0.577. The maximum absolute atomic E-state index is 10.6. The summed E-state index contributed by atoms with van der Waals surface area (Å²) in [7, 11) is 1.41. The van der Waals surface area contributed by atoms with Gasteiger partial charge < -0.3 is 10.5 Å². The summed E-state index contributed by atoms with van der Waals surface area (Å²) in [4.78, 5) is 10.1. The van der Waals surface area contributed by atoms with Crippen LogP contribution in [0.2, 0.25) is 0 Å². The number of ether oxygens (including phenoxy) is 1. The van der Waals surface area contributed by atoms with Crippen LogP contribution in [0.3, 0.4) is 0 Å². The fourth-order valence-electron chi connectivity index (χ4n) is 1.20. The maximum Gasteiger partial charge on any atom is 0.310 e. The van der Waals surface area contributed by atoms with Crippen molar-refractivity contribution in [3.63, 3.8) is 0 Å². The molecule has 1 aromatic rings. The van der Waals surface area contributed by atoms with Crippen LogP contribution in [0.4, 0.5) is 5.69 Å². The highest BCUT2D eigenvalue weighted by Gasteiger charge is 2.13. The molecular formula is C9H12N2O3. The number of nitro groups is 1. The fourth-order valence-corrected chi connectivity index (χ4v) is 1.20. The predicted molar refractivity (Wildman–Crippen MR) is 52.4 cm³/mol. The maximum atomic E-state index is 10.6. The number of methoxy groups -OCH3 is 1. The van der Waals surface area contributed by atoms with Crippen molar-refractivity contribution in [2.24, 2.45) is 5.73 Å². The van der Waals surface area contributed by atoms with Crippen molar-refractivity contribution < 1.29 is 9.66 Å². The van der Waals surface area contributed by atoms with Gasteiger partial charge in [-0.3, -0.25) is 10.1 Å². The molecule has 0 aliphatic rings. The van der Waals surface area contributed by atoms with Gasteiger partial charge >= 0.3 is 5.69 Å². The number of nitro benzene ring substituents is 1. The molecule has 0 saturated heterocycles. The summed E-state index contributed by atoms with van der Waals surface area (Å²) in [6, 6.07) is 4.77. The first-order valence-corrected chi connectivity index (χ1v) is 4.20. The Morgan fingerprint density at radius 1 is 1.57 bits per heavy atom. The normalized spacial score (nSPS) is 9.86. The van der Waals surface area contributed by atoms with Crippen molar-refractivity contribution in [2.45, 2.75) is 6.42 Å². The van der Waals surface area contributed by atoms with E-state index in [4.69, 9.17) is 10.5 Å². The molecule has 0 bridgehead atoms. The Morgan fingerprint density at radius 3 is 2.79 bits per heavy atom. The first-order valence-electron chi connectivity index (χ1n) is 4.20. The number of benzene rings is 1. The minimum absolute atomic E-state index is 0.0201. The van der Waals surface area contributed by atoms with Gasteiger partial charge in [0.2, 0.25) is 0 Å². The molecule has 0 radical (unpaired) electrons. The Hall–Kier alpha value is -1.62. The van der Waals surface area contributed by atoms with Crippen molar-refractivity contribution in [3.05, 3.63) is 33.9 Å². The lowest BCUT2D eigenvalue weighted by molar-refractivity contribution is -0.385. The summed E-state index contributed by atoms with van der Waals surface area (Å²) in [6.07, 6.45) is 0.689. The molecule has 0 amide bonds. The van der Waals surface area contributed by atoms with E-state index in [1.165, 1.54) is 13.2 Å². The van der Waals surface area contributed by atoms with Crippen molar-refractivity contribution in [1.29, 1.82) is 0 Å². The minimum Gasteiger partial charge on any atom is -0.490 e. The number of nitrogens with two attached hydrogens (primary N) is 1. The fraction of sp³-hybridized carbons (Fsp3) is 0.333. The summed E-state index contributed by atoms with van der Waals surface area (Å²) in [6.45, 7) is 0.515. The van der Waals surface area contributed by atoms with Crippen LogP contribution in [0.5, 0.6) is 5.75 Å². The Kier molecular flexibility index (Phi) is 3.41. The summed E-state index contributed by atoms with van der Waals surface area (Å²) >= 11 is 0. The van der Waals surface area contributed by atoms with E-state index < -0.39 is 4.92 Å². The first kappa shape index (κ1) is 10.5. The Bertz CT molecular complexity index is 339. The van der Waals surface area contributed by atoms with Gasteiger partial charge in [0.15, 0.2) is 5.75 Å². The molecule has 1 rings (SSSR count). The zero-order valence-electron chi connectivity index (χ0n) is 7.90. The Morgan fingerprint density at radius 2 is 2.29 bits per heavy atom. The zero-order valence-corrected chi connectivity index (χ0v) is 7.90. The molecular weight excluding hydrogens is 184 g/mol. The Labute approximate surface area is 81.6 Å². The lowest BCUT2D eigenvalue weighted by atomic mass is 10.1. The van der Waals surface area contributed by atoms with Crippen molar-refractivity contribution in [1.82, 2.24) is 0 Å². The smallest absolute Gasteiger partial charge is 0.310 e. The Balaban J connectivity index is 3.05. The lowest BCUT2D eigenvalue weighted by Crippen LogP contribution is -2.03. The summed E-state index contributed by atoms with van der Waals surface area (Å²) in [5, 5.41) is 10.6. The molecule has 0 unspecified atom stereocenters. The van der Waals surface area contributed by atoms with Crippen molar-refractivity contribution in [3.8, 4) is 5.75 Å². The topological polar surface area (TPSA) is 78.4 Å². The molecule has 0 aromatic heterocycles. The zero-order chi connectivity index (χ0) is 10.6. The number of rotatable bonds is 4. The van der Waals surface area contributed by atoms with Crippen molar-refractivity contribution >= 4 is 5.69 Å². The SMILES string of the molecule is COc1cc(CCN)ccc1[N+](=O)[O-]. The van der Waals surface area contributed by atoms with Gasteiger partial charge in [0.05, 0.1) is 12.0 Å². The van der Waals surface area contributed by atoms with E-state index in [-0.39, 0.29) is 11.4 Å². The number of hydrogen-bond acceptors (Lipinski definition) is 4. The largest absolute Gasteiger partial charge is 0.490 e. The highest BCUT2D eigenvalue weighted by Crippen LogP contribution is 2.27. The van der Waals surface area contributed by atoms with Gasteiger partial charge in [-0.1, -0.05) is 6.07 Å². The van der Waals surface area contributed by atoms with Crippen LogP contribution in [0.15, 0.2) is 18.2 Å². The van der Waals surface area contributed by atoms with Crippen LogP contribution in [0, 0.1) is 10.1 Å². The van der Waals surface area contributed by atoms with Crippen LogP contribution in [0.25, 0.3) is 0 Å². The third kappa shape index (κ3) is 2.20. The molecule has 0 saturated carbocycles. The molecule has 0 aliphatic heterocycles. The van der Waals surface area contributed by atoms with E-state index in [0.717, 1.165) is 5.56 Å². The number of hydrogen-bond donors (Lipinski definition) is 1. The molecule has 0 aliphatic carbocycles. The second kappa shape index (κ2) is 4.57. The van der Waals surface area contributed by atoms with Crippen LogP contribution in [0.1, 0.15) is 5.56 Å².